The average molecular weight is 389 g/mol. The minimum atomic E-state index is -0.134. The second-order valence-corrected chi connectivity index (χ2v) is 5.78. The summed E-state index contributed by atoms with van der Waals surface area (Å²) in [6.07, 6.45) is 0. The number of aromatic amines is 1. The predicted molar refractivity (Wildman–Crippen MR) is 115 cm³/mol. The van der Waals surface area contributed by atoms with Crippen LogP contribution < -0.4 is 10.1 Å². The van der Waals surface area contributed by atoms with E-state index in [-0.39, 0.29) is 5.91 Å². The zero-order chi connectivity index (χ0) is 20.4. The van der Waals surface area contributed by atoms with Crippen LogP contribution >= 0.6 is 11.6 Å². The van der Waals surface area contributed by atoms with E-state index in [9.17, 15) is 4.79 Å². The highest BCUT2D eigenvalue weighted by Crippen LogP contribution is 2.25. The highest BCUT2D eigenvalue weighted by Gasteiger charge is 2.14. The molecule has 1 aromatic heterocycles. The van der Waals surface area contributed by atoms with E-state index in [4.69, 9.17) is 16.3 Å². The molecule has 0 atom stereocenters. The third-order valence-corrected chi connectivity index (χ3v) is 4.09. The Morgan fingerprint density at radius 2 is 1.70 bits per heavy atom. The van der Waals surface area contributed by atoms with E-state index in [2.05, 4.69) is 10.3 Å². The van der Waals surface area contributed by atoms with Gasteiger partial charge in [-0.3, -0.25) is 4.79 Å². The number of fused-ring (bicyclic) bond motifs is 1. The van der Waals surface area contributed by atoms with Crippen LogP contribution in [0.25, 0.3) is 10.9 Å². The number of methoxy groups -OCH3 is 1. The molecule has 3 aromatic rings. The van der Waals surface area contributed by atoms with Crippen molar-refractivity contribution in [3.8, 4) is 5.75 Å². The second kappa shape index (κ2) is 11.3. The van der Waals surface area contributed by atoms with Crippen LogP contribution in [0.2, 0.25) is 5.02 Å². The van der Waals surface area contributed by atoms with Gasteiger partial charge in [0.15, 0.2) is 0 Å². The second-order valence-electron chi connectivity index (χ2n) is 5.35. The summed E-state index contributed by atoms with van der Waals surface area (Å²) in [5.74, 6) is 0.661. The lowest BCUT2D eigenvalue weighted by Gasteiger charge is -2.06. The van der Waals surface area contributed by atoms with Crippen molar-refractivity contribution in [2.75, 3.05) is 7.11 Å². The number of H-pyrrole nitrogens is 1. The summed E-state index contributed by atoms with van der Waals surface area (Å²) in [7, 11) is 1.63. The summed E-state index contributed by atoms with van der Waals surface area (Å²) < 4.78 is 5.12. The van der Waals surface area contributed by atoms with E-state index in [0.29, 0.717) is 17.3 Å². The van der Waals surface area contributed by atoms with E-state index in [1.807, 2.05) is 71.0 Å². The van der Waals surface area contributed by atoms with Gasteiger partial charge >= 0.3 is 0 Å². The number of carbonyl (C=O) groups is 1. The first-order valence-electron chi connectivity index (χ1n) is 9.27. The fraction of sp³-hybridized carbons (Fsp3) is 0.318. The first kappa shape index (κ1) is 22.6. The summed E-state index contributed by atoms with van der Waals surface area (Å²) in [5, 5.41) is 4.55. The Balaban J connectivity index is 0.000000855. The molecule has 0 fully saturated rings. The Kier molecular flexibility index (Phi) is 9.45. The number of aromatic nitrogens is 1. The Morgan fingerprint density at radius 3 is 2.30 bits per heavy atom. The van der Waals surface area contributed by atoms with Gasteiger partial charge in [-0.2, -0.15) is 0 Å². The van der Waals surface area contributed by atoms with Crippen molar-refractivity contribution in [1.29, 1.82) is 0 Å². The Labute approximate surface area is 166 Å². The lowest BCUT2D eigenvalue weighted by Crippen LogP contribution is -2.23. The van der Waals surface area contributed by atoms with Crippen LogP contribution in [0.3, 0.4) is 0 Å². The maximum Gasteiger partial charge on any atom is 0.268 e. The average Bonchev–Trinajstić information content (AvgIpc) is 3.05. The van der Waals surface area contributed by atoms with Crippen molar-refractivity contribution in [2.24, 2.45) is 0 Å². The molecule has 2 N–H and O–H groups in total. The van der Waals surface area contributed by atoms with Gasteiger partial charge in [0.1, 0.15) is 11.4 Å². The van der Waals surface area contributed by atoms with Gasteiger partial charge in [-0.15, -0.1) is 0 Å². The maximum atomic E-state index is 12.4. The van der Waals surface area contributed by atoms with Gasteiger partial charge < -0.3 is 15.0 Å². The van der Waals surface area contributed by atoms with Crippen LogP contribution in [-0.4, -0.2) is 18.0 Å². The van der Waals surface area contributed by atoms with Crippen LogP contribution in [0.1, 0.15) is 49.3 Å². The summed E-state index contributed by atoms with van der Waals surface area (Å²) in [6.45, 7) is 10.4. The van der Waals surface area contributed by atoms with E-state index in [1.54, 1.807) is 13.2 Å². The summed E-state index contributed by atoms with van der Waals surface area (Å²) in [4.78, 5) is 15.6. The summed E-state index contributed by atoms with van der Waals surface area (Å²) in [6, 6.07) is 13.1. The molecule has 146 valence electrons. The van der Waals surface area contributed by atoms with Crippen LogP contribution in [-0.2, 0) is 6.54 Å². The molecule has 3 rings (SSSR count). The molecular weight excluding hydrogens is 360 g/mol. The van der Waals surface area contributed by atoms with Crippen molar-refractivity contribution in [2.45, 2.75) is 41.2 Å². The topological polar surface area (TPSA) is 54.1 Å². The molecule has 1 heterocycles. The van der Waals surface area contributed by atoms with E-state index >= 15 is 0 Å². The minimum Gasteiger partial charge on any atom is -0.497 e. The number of rotatable bonds is 4. The first-order valence-corrected chi connectivity index (χ1v) is 9.65. The number of hydrogen-bond donors (Lipinski definition) is 2. The van der Waals surface area contributed by atoms with Crippen molar-refractivity contribution in [1.82, 2.24) is 10.3 Å². The standard InChI is InChI=1S/C18H17ClN2O2.2C2H6/c1-11-15-9-13(19)5-8-16(15)21-17(11)18(22)20-10-12-3-6-14(23-2)7-4-12;2*1-2/h3-9,21H,10H2,1-2H3,(H,20,22);2*1-2H3. The lowest BCUT2D eigenvalue weighted by molar-refractivity contribution is 0.0946. The molecule has 0 aliphatic carbocycles. The normalized spacial score (nSPS) is 9.59. The smallest absolute Gasteiger partial charge is 0.268 e. The molecule has 5 heteroatoms. The van der Waals surface area contributed by atoms with Crippen LogP contribution in [0.4, 0.5) is 0 Å². The number of ether oxygens (including phenoxy) is 1. The molecule has 27 heavy (non-hydrogen) atoms. The molecule has 0 spiro atoms. The van der Waals surface area contributed by atoms with Crippen LogP contribution in [0.5, 0.6) is 5.75 Å². The van der Waals surface area contributed by atoms with Crippen molar-refractivity contribution < 1.29 is 9.53 Å². The highest BCUT2D eigenvalue weighted by molar-refractivity contribution is 6.31. The molecule has 0 bridgehead atoms. The van der Waals surface area contributed by atoms with Crippen molar-refractivity contribution >= 4 is 28.4 Å². The van der Waals surface area contributed by atoms with E-state index in [1.165, 1.54) is 0 Å². The number of benzene rings is 2. The number of halogens is 1. The van der Waals surface area contributed by atoms with Gasteiger partial charge in [-0.1, -0.05) is 51.4 Å². The Bertz CT molecular complexity index is 855. The third-order valence-electron chi connectivity index (χ3n) is 3.86. The van der Waals surface area contributed by atoms with Crippen molar-refractivity contribution in [3.63, 3.8) is 0 Å². The number of amides is 1. The summed E-state index contributed by atoms with van der Waals surface area (Å²) in [5.41, 5.74) is 3.38. The fourth-order valence-electron chi connectivity index (χ4n) is 2.54. The molecule has 4 nitrogen and oxygen atoms in total. The molecule has 0 unspecified atom stereocenters. The van der Waals surface area contributed by atoms with E-state index < -0.39 is 0 Å². The summed E-state index contributed by atoms with van der Waals surface area (Å²) >= 11 is 6.02. The van der Waals surface area contributed by atoms with Crippen LogP contribution in [0.15, 0.2) is 42.5 Å². The lowest BCUT2D eigenvalue weighted by atomic mass is 10.1. The van der Waals surface area contributed by atoms with Gasteiger partial charge in [-0.25, -0.2) is 0 Å². The van der Waals surface area contributed by atoms with Gasteiger partial charge in [0, 0.05) is 22.5 Å². The van der Waals surface area contributed by atoms with E-state index in [0.717, 1.165) is 27.8 Å². The number of hydrogen-bond acceptors (Lipinski definition) is 2. The molecule has 0 aliphatic rings. The molecular formula is C22H29ClN2O2. The molecule has 0 radical (unpaired) electrons. The Hall–Kier alpha value is -2.46. The van der Waals surface area contributed by atoms with Gasteiger partial charge in [0.25, 0.3) is 5.91 Å². The van der Waals surface area contributed by atoms with Gasteiger partial charge in [-0.05, 0) is 48.4 Å². The number of nitrogens with one attached hydrogen (secondary N) is 2. The largest absolute Gasteiger partial charge is 0.497 e. The molecule has 2 aromatic carbocycles. The molecule has 0 saturated heterocycles. The zero-order valence-corrected chi connectivity index (χ0v) is 17.7. The SMILES string of the molecule is CC.CC.COc1ccc(CNC(=O)c2[nH]c3ccc(Cl)cc3c2C)cc1. The Morgan fingerprint density at radius 1 is 1.07 bits per heavy atom. The highest BCUT2D eigenvalue weighted by atomic mass is 35.5. The van der Waals surface area contributed by atoms with Gasteiger partial charge in [0.2, 0.25) is 0 Å². The monoisotopic (exact) mass is 388 g/mol. The minimum absolute atomic E-state index is 0.134. The third kappa shape index (κ3) is 5.76. The van der Waals surface area contributed by atoms with Crippen molar-refractivity contribution in [3.05, 3.63) is 64.3 Å². The van der Waals surface area contributed by atoms with Crippen LogP contribution in [0, 0.1) is 6.92 Å². The first-order chi connectivity index (χ1) is 13.1. The molecule has 0 saturated carbocycles. The maximum absolute atomic E-state index is 12.4. The quantitative estimate of drug-likeness (QED) is 0.565. The molecule has 1 amide bonds. The fourth-order valence-corrected chi connectivity index (χ4v) is 2.71. The number of aryl methyl sites for hydroxylation is 1. The van der Waals surface area contributed by atoms with Gasteiger partial charge in [0.05, 0.1) is 7.11 Å². The predicted octanol–water partition coefficient (Wildman–Crippen LogP) is 6.12. The molecule has 0 aliphatic heterocycles. The number of carbonyl (C=O) groups excluding carboxylic acids is 1. The zero-order valence-electron chi connectivity index (χ0n) is 16.9.